The number of ether oxygens (including phenoxy) is 1. The van der Waals surface area contributed by atoms with E-state index in [1.165, 1.54) is 37.8 Å². The summed E-state index contributed by atoms with van der Waals surface area (Å²) in [6, 6.07) is 6.83. The van der Waals surface area contributed by atoms with E-state index in [4.69, 9.17) is 4.74 Å². The molecule has 0 saturated heterocycles. The van der Waals surface area contributed by atoms with Crippen molar-refractivity contribution >= 4 is 21.6 Å². The Kier molecular flexibility index (Phi) is 4.93. The average Bonchev–Trinajstić information content (AvgIpc) is 2.55. The number of anilines is 1. The minimum atomic E-state index is 0.621. The molecule has 3 heteroatoms. The molecule has 2 rings (SSSR count). The average molecular weight is 312 g/mol. The molecule has 1 aliphatic rings. The van der Waals surface area contributed by atoms with Crippen LogP contribution in [0.5, 0.6) is 5.75 Å². The minimum Gasteiger partial charge on any atom is -0.496 e. The minimum absolute atomic E-state index is 0.621. The Morgan fingerprint density at radius 1 is 1.22 bits per heavy atom. The number of rotatable bonds is 3. The second-order valence-corrected chi connectivity index (χ2v) is 6.16. The van der Waals surface area contributed by atoms with Gasteiger partial charge >= 0.3 is 0 Å². The van der Waals surface area contributed by atoms with Crippen molar-refractivity contribution in [1.29, 1.82) is 0 Å². The molecule has 1 fully saturated rings. The highest BCUT2D eigenvalue weighted by atomic mass is 79.9. The number of nitrogens with one attached hydrogen (secondary N) is 1. The highest BCUT2D eigenvalue weighted by molar-refractivity contribution is 9.10. The van der Waals surface area contributed by atoms with Crippen LogP contribution in [0, 0.1) is 5.92 Å². The lowest BCUT2D eigenvalue weighted by atomic mass is 10.0. The molecule has 2 atom stereocenters. The summed E-state index contributed by atoms with van der Waals surface area (Å²) >= 11 is 3.53. The summed E-state index contributed by atoms with van der Waals surface area (Å²) in [5.41, 5.74) is 1.18. The van der Waals surface area contributed by atoms with E-state index < -0.39 is 0 Å². The summed E-state index contributed by atoms with van der Waals surface area (Å²) in [6.07, 6.45) is 6.63. The number of hydrogen-bond acceptors (Lipinski definition) is 2. The Balaban J connectivity index is 1.98. The molecule has 1 aliphatic carbocycles. The summed E-state index contributed by atoms with van der Waals surface area (Å²) in [5.74, 6) is 1.77. The molecule has 0 heterocycles. The predicted octanol–water partition coefficient (Wildman–Crippen LogP) is 4.84. The molecule has 0 bridgehead atoms. The number of methoxy groups -OCH3 is 1. The monoisotopic (exact) mass is 311 g/mol. The number of hydrogen-bond donors (Lipinski definition) is 1. The van der Waals surface area contributed by atoms with E-state index in [1.54, 1.807) is 7.11 Å². The zero-order valence-corrected chi connectivity index (χ0v) is 12.8. The standard InChI is InChI=1S/C15H22BrNO/c1-11-4-3-5-12(7-6-11)17-13-8-9-15(18-2)14(16)10-13/h8-12,17H,3-7H2,1-2H3. The van der Waals surface area contributed by atoms with E-state index in [2.05, 4.69) is 40.3 Å². The maximum Gasteiger partial charge on any atom is 0.133 e. The fourth-order valence-electron chi connectivity index (χ4n) is 2.62. The molecule has 100 valence electrons. The van der Waals surface area contributed by atoms with Crippen LogP contribution < -0.4 is 10.1 Å². The zero-order chi connectivity index (χ0) is 13.0. The summed E-state index contributed by atoms with van der Waals surface area (Å²) < 4.78 is 6.26. The van der Waals surface area contributed by atoms with Gasteiger partial charge in [-0.2, -0.15) is 0 Å². The van der Waals surface area contributed by atoms with Crippen LogP contribution >= 0.6 is 15.9 Å². The van der Waals surface area contributed by atoms with Crippen LogP contribution in [0.15, 0.2) is 22.7 Å². The van der Waals surface area contributed by atoms with Crippen LogP contribution in [-0.2, 0) is 0 Å². The molecule has 1 aromatic rings. The van der Waals surface area contributed by atoms with Crippen molar-refractivity contribution < 1.29 is 4.74 Å². The molecular weight excluding hydrogens is 290 g/mol. The van der Waals surface area contributed by atoms with Crippen LogP contribution in [0.2, 0.25) is 0 Å². The summed E-state index contributed by atoms with van der Waals surface area (Å²) in [4.78, 5) is 0. The SMILES string of the molecule is COc1ccc(NC2CCCC(C)CC2)cc1Br. The third-order valence-corrected chi connectivity index (χ3v) is 4.40. The van der Waals surface area contributed by atoms with Crippen molar-refractivity contribution in [2.24, 2.45) is 5.92 Å². The van der Waals surface area contributed by atoms with Crippen molar-refractivity contribution in [1.82, 2.24) is 0 Å². The maximum absolute atomic E-state index is 5.25. The molecule has 0 amide bonds. The smallest absolute Gasteiger partial charge is 0.133 e. The Bertz CT molecular complexity index is 394. The molecule has 0 radical (unpaired) electrons. The van der Waals surface area contributed by atoms with Crippen LogP contribution in [0.4, 0.5) is 5.69 Å². The Morgan fingerprint density at radius 2 is 2.06 bits per heavy atom. The largest absolute Gasteiger partial charge is 0.496 e. The van der Waals surface area contributed by atoms with Crippen molar-refractivity contribution in [3.05, 3.63) is 22.7 Å². The molecule has 0 spiro atoms. The van der Waals surface area contributed by atoms with Gasteiger partial charge in [-0.05, 0) is 59.3 Å². The van der Waals surface area contributed by atoms with Gasteiger partial charge in [0.05, 0.1) is 11.6 Å². The Morgan fingerprint density at radius 3 is 2.78 bits per heavy atom. The van der Waals surface area contributed by atoms with Gasteiger partial charge in [0, 0.05) is 11.7 Å². The van der Waals surface area contributed by atoms with Gasteiger partial charge in [0.15, 0.2) is 0 Å². The van der Waals surface area contributed by atoms with Gasteiger partial charge in [0.2, 0.25) is 0 Å². The zero-order valence-electron chi connectivity index (χ0n) is 11.2. The van der Waals surface area contributed by atoms with E-state index in [9.17, 15) is 0 Å². The normalized spacial score (nSPS) is 24.4. The van der Waals surface area contributed by atoms with Crippen LogP contribution in [-0.4, -0.2) is 13.2 Å². The highest BCUT2D eigenvalue weighted by Crippen LogP contribution is 2.30. The van der Waals surface area contributed by atoms with Crippen LogP contribution in [0.1, 0.15) is 39.0 Å². The molecule has 18 heavy (non-hydrogen) atoms. The fraction of sp³-hybridized carbons (Fsp3) is 0.600. The van der Waals surface area contributed by atoms with Gasteiger partial charge in [-0.1, -0.05) is 19.8 Å². The van der Waals surface area contributed by atoms with Crippen molar-refractivity contribution in [2.75, 3.05) is 12.4 Å². The molecule has 2 nitrogen and oxygen atoms in total. The summed E-state index contributed by atoms with van der Waals surface area (Å²) in [5, 5.41) is 3.65. The first-order valence-electron chi connectivity index (χ1n) is 6.79. The topological polar surface area (TPSA) is 21.3 Å². The third kappa shape index (κ3) is 3.64. The molecular formula is C15H22BrNO. The number of benzene rings is 1. The van der Waals surface area contributed by atoms with E-state index in [0.717, 1.165) is 16.1 Å². The second kappa shape index (κ2) is 6.46. The van der Waals surface area contributed by atoms with E-state index in [1.807, 2.05) is 6.07 Å². The quantitative estimate of drug-likeness (QED) is 0.807. The first-order valence-corrected chi connectivity index (χ1v) is 7.58. The fourth-order valence-corrected chi connectivity index (χ4v) is 3.16. The van der Waals surface area contributed by atoms with Gasteiger partial charge in [-0.3, -0.25) is 0 Å². The summed E-state index contributed by atoms with van der Waals surface area (Å²) in [7, 11) is 1.69. The second-order valence-electron chi connectivity index (χ2n) is 5.30. The van der Waals surface area contributed by atoms with Crippen molar-refractivity contribution in [3.63, 3.8) is 0 Å². The molecule has 0 aromatic heterocycles. The molecule has 0 aliphatic heterocycles. The van der Waals surface area contributed by atoms with Crippen molar-refractivity contribution in [3.8, 4) is 5.75 Å². The number of halogens is 1. The van der Waals surface area contributed by atoms with Gasteiger partial charge in [0.25, 0.3) is 0 Å². The Hall–Kier alpha value is -0.700. The van der Waals surface area contributed by atoms with Gasteiger partial charge in [-0.25, -0.2) is 0 Å². The molecule has 1 saturated carbocycles. The first kappa shape index (κ1) is 13.7. The van der Waals surface area contributed by atoms with E-state index in [0.29, 0.717) is 6.04 Å². The molecule has 1 aromatic carbocycles. The Labute approximate surface area is 118 Å². The van der Waals surface area contributed by atoms with Gasteiger partial charge < -0.3 is 10.1 Å². The lowest BCUT2D eigenvalue weighted by Gasteiger charge is -2.18. The van der Waals surface area contributed by atoms with Crippen LogP contribution in [0.25, 0.3) is 0 Å². The third-order valence-electron chi connectivity index (χ3n) is 3.78. The van der Waals surface area contributed by atoms with Gasteiger partial charge in [0.1, 0.15) is 5.75 Å². The van der Waals surface area contributed by atoms with Crippen molar-refractivity contribution in [2.45, 2.75) is 45.1 Å². The lowest BCUT2D eigenvalue weighted by molar-refractivity contribution is 0.412. The van der Waals surface area contributed by atoms with E-state index >= 15 is 0 Å². The molecule has 2 unspecified atom stereocenters. The van der Waals surface area contributed by atoms with Gasteiger partial charge in [-0.15, -0.1) is 0 Å². The first-order chi connectivity index (χ1) is 8.69. The summed E-state index contributed by atoms with van der Waals surface area (Å²) in [6.45, 7) is 2.37. The van der Waals surface area contributed by atoms with Crippen LogP contribution in [0.3, 0.4) is 0 Å². The highest BCUT2D eigenvalue weighted by Gasteiger charge is 2.16. The molecule has 1 N–H and O–H groups in total. The predicted molar refractivity (Wildman–Crippen MR) is 80.4 cm³/mol. The lowest BCUT2D eigenvalue weighted by Crippen LogP contribution is -2.18. The van der Waals surface area contributed by atoms with E-state index in [-0.39, 0.29) is 0 Å². The maximum atomic E-state index is 5.25.